The molecule has 3 aromatic rings. The number of benzene rings is 2. The van der Waals surface area contributed by atoms with Crippen LogP contribution in [0.2, 0.25) is 0 Å². The van der Waals surface area contributed by atoms with Crippen LogP contribution in [0.4, 0.5) is 5.69 Å². The van der Waals surface area contributed by atoms with Crippen LogP contribution in [0, 0.1) is 0 Å². The number of ether oxygens (including phenoxy) is 1. The number of amides is 1. The summed E-state index contributed by atoms with van der Waals surface area (Å²) in [5, 5.41) is 0.745. The average molecular weight is 394 g/mol. The number of carbonyl (C=O) groups is 2. The summed E-state index contributed by atoms with van der Waals surface area (Å²) < 4.78 is 5.64. The molecule has 1 aliphatic heterocycles. The topological polar surface area (TPSA) is 62.4 Å². The number of H-pyrrole nitrogens is 1. The Morgan fingerprint density at radius 2 is 2.00 bits per heavy atom. The van der Waals surface area contributed by atoms with Gasteiger partial charge in [0.25, 0.3) is 5.91 Å². The first kappa shape index (κ1) is 17.5. The summed E-state index contributed by atoms with van der Waals surface area (Å²) in [6, 6.07) is 14.6. The van der Waals surface area contributed by atoms with Gasteiger partial charge in [-0.1, -0.05) is 42.2 Å². The van der Waals surface area contributed by atoms with Gasteiger partial charge in [0.05, 0.1) is 17.7 Å². The molecule has 1 fully saturated rings. The Morgan fingerprint density at radius 1 is 1.22 bits per heavy atom. The Kier molecular flexibility index (Phi) is 4.55. The quantitative estimate of drug-likeness (QED) is 0.406. The van der Waals surface area contributed by atoms with Gasteiger partial charge in [0.2, 0.25) is 0 Å². The van der Waals surface area contributed by atoms with Crippen molar-refractivity contribution >= 4 is 56.6 Å². The van der Waals surface area contributed by atoms with Gasteiger partial charge < -0.3 is 9.72 Å². The lowest BCUT2D eigenvalue weighted by Gasteiger charge is -2.13. The number of fused-ring (bicyclic) bond motifs is 1. The van der Waals surface area contributed by atoms with Crippen LogP contribution in [0.15, 0.2) is 65.7 Å². The maximum absolute atomic E-state index is 12.8. The standard InChI is InChI=1S/C20H14N2O3S2/c1-25-13-7-8-16-14(9-13)15(11-21-16)17(23)10-18-19(24)22(20(26)27-18)12-5-3-2-4-6-12/h2-11,21H,1H3. The Balaban J connectivity index is 1.67. The van der Waals surface area contributed by atoms with Gasteiger partial charge in [-0.25, -0.2) is 0 Å². The molecule has 7 heteroatoms. The van der Waals surface area contributed by atoms with Crippen molar-refractivity contribution in [3.8, 4) is 5.75 Å². The van der Waals surface area contributed by atoms with E-state index < -0.39 is 0 Å². The summed E-state index contributed by atoms with van der Waals surface area (Å²) in [7, 11) is 1.57. The number of nitrogens with one attached hydrogen (secondary N) is 1. The van der Waals surface area contributed by atoms with E-state index in [1.807, 2.05) is 42.5 Å². The second-order valence-corrected chi connectivity index (χ2v) is 7.51. The monoisotopic (exact) mass is 394 g/mol. The summed E-state index contributed by atoms with van der Waals surface area (Å²) in [6.07, 6.45) is 2.99. The Bertz CT molecular complexity index is 1100. The molecule has 0 unspecified atom stereocenters. The number of allylic oxidation sites excluding steroid dienone is 1. The van der Waals surface area contributed by atoms with Crippen LogP contribution in [0.25, 0.3) is 10.9 Å². The van der Waals surface area contributed by atoms with E-state index in [4.69, 9.17) is 17.0 Å². The highest BCUT2D eigenvalue weighted by molar-refractivity contribution is 8.27. The number of thioether (sulfide) groups is 1. The minimum atomic E-state index is -0.290. The number of aromatic amines is 1. The van der Waals surface area contributed by atoms with Gasteiger partial charge in [-0.2, -0.15) is 0 Å². The number of hydrogen-bond acceptors (Lipinski definition) is 5. The van der Waals surface area contributed by atoms with Gasteiger partial charge in [0, 0.05) is 28.7 Å². The number of nitrogens with zero attached hydrogens (tertiary/aromatic N) is 1. The molecule has 2 aromatic carbocycles. The molecule has 27 heavy (non-hydrogen) atoms. The maximum atomic E-state index is 12.8. The molecule has 1 aromatic heterocycles. The van der Waals surface area contributed by atoms with E-state index in [0.29, 0.717) is 26.2 Å². The molecule has 0 atom stereocenters. The van der Waals surface area contributed by atoms with Crippen LogP contribution >= 0.6 is 24.0 Å². The Morgan fingerprint density at radius 3 is 2.74 bits per heavy atom. The summed E-state index contributed by atoms with van der Waals surface area (Å²) in [6.45, 7) is 0. The van der Waals surface area contributed by atoms with Gasteiger partial charge in [-0.3, -0.25) is 14.5 Å². The lowest BCUT2D eigenvalue weighted by Crippen LogP contribution is -2.27. The zero-order chi connectivity index (χ0) is 19.0. The first-order valence-electron chi connectivity index (χ1n) is 8.11. The summed E-state index contributed by atoms with van der Waals surface area (Å²) >= 11 is 6.46. The molecule has 1 N–H and O–H groups in total. The van der Waals surface area contributed by atoms with Crippen molar-refractivity contribution in [3.05, 3.63) is 71.3 Å². The zero-order valence-corrected chi connectivity index (χ0v) is 15.9. The molecule has 1 aliphatic rings. The largest absolute Gasteiger partial charge is 0.497 e. The molecule has 1 amide bonds. The third-order valence-corrected chi connectivity index (χ3v) is 5.53. The van der Waals surface area contributed by atoms with Crippen LogP contribution in [-0.2, 0) is 4.79 Å². The third-order valence-electron chi connectivity index (χ3n) is 4.22. The van der Waals surface area contributed by atoms with Gasteiger partial charge in [-0.05, 0) is 30.3 Å². The first-order chi connectivity index (χ1) is 13.1. The van der Waals surface area contributed by atoms with Crippen LogP contribution in [0.3, 0.4) is 0 Å². The first-order valence-corrected chi connectivity index (χ1v) is 9.33. The lowest BCUT2D eigenvalue weighted by molar-refractivity contribution is -0.113. The minimum absolute atomic E-state index is 0.261. The highest BCUT2D eigenvalue weighted by Crippen LogP contribution is 2.35. The number of aromatic nitrogens is 1. The van der Waals surface area contributed by atoms with E-state index in [1.54, 1.807) is 19.4 Å². The van der Waals surface area contributed by atoms with Crippen molar-refractivity contribution in [2.24, 2.45) is 0 Å². The molecule has 0 aliphatic carbocycles. The highest BCUT2D eigenvalue weighted by Gasteiger charge is 2.33. The molecule has 4 rings (SSSR count). The van der Waals surface area contributed by atoms with Gasteiger partial charge in [0.15, 0.2) is 10.1 Å². The smallest absolute Gasteiger partial charge is 0.270 e. The molecule has 0 radical (unpaired) electrons. The lowest BCUT2D eigenvalue weighted by atomic mass is 10.1. The number of rotatable bonds is 4. The number of thiocarbonyl (C=S) groups is 1. The normalized spacial score (nSPS) is 15.7. The van der Waals surface area contributed by atoms with Crippen molar-refractivity contribution in [1.82, 2.24) is 4.98 Å². The molecule has 134 valence electrons. The number of carbonyl (C=O) groups excluding carboxylic acids is 2. The summed E-state index contributed by atoms with van der Waals surface area (Å²) in [5.74, 6) is 0.108. The van der Waals surface area contributed by atoms with Crippen molar-refractivity contribution in [3.63, 3.8) is 0 Å². The fourth-order valence-corrected chi connectivity index (χ4v) is 4.16. The van der Waals surface area contributed by atoms with E-state index >= 15 is 0 Å². The number of anilines is 1. The Hall–Kier alpha value is -2.90. The van der Waals surface area contributed by atoms with Crippen LogP contribution < -0.4 is 9.64 Å². The van der Waals surface area contributed by atoms with Gasteiger partial charge in [-0.15, -0.1) is 0 Å². The number of ketones is 1. The Labute approximate surface area is 165 Å². The minimum Gasteiger partial charge on any atom is -0.497 e. The van der Waals surface area contributed by atoms with Crippen LogP contribution in [0.1, 0.15) is 10.4 Å². The van der Waals surface area contributed by atoms with E-state index in [2.05, 4.69) is 4.98 Å². The van der Waals surface area contributed by atoms with Crippen LogP contribution in [0.5, 0.6) is 5.75 Å². The molecule has 5 nitrogen and oxygen atoms in total. The van der Waals surface area contributed by atoms with Gasteiger partial charge in [0.1, 0.15) is 5.75 Å². The van der Waals surface area contributed by atoms with Crippen molar-refractivity contribution < 1.29 is 14.3 Å². The molecule has 0 bridgehead atoms. The summed E-state index contributed by atoms with van der Waals surface area (Å²) in [4.78, 5) is 30.4. The fourth-order valence-electron chi connectivity index (χ4n) is 2.89. The van der Waals surface area contributed by atoms with Crippen LogP contribution in [-0.4, -0.2) is 28.1 Å². The van der Waals surface area contributed by atoms with E-state index in [0.717, 1.165) is 22.7 Å². The average Bonchev–Trinajstić information content (AvgIpc) is 3.22. The van der Waals surface area contributed by atoms with Crippen molar-refractivity contribution in [2.75, 3.05) is 12.0 Å². The fraction of sp³-hybridized carbons (Fsp3) is 0.0500. The van der Waals surface area contributed by atoms with E-state index in [1.165, 1.54) is 11.0 Å². The second kappa shape index (κ2) is 7.02. The molecular weight excluding hydrogens is 380 g/mol. The molecule has 0 spiro atoms. The van der Waals surface area contributed by atoms with Crippen molar-refractivity contribution in [2.45, 2.75) is 0 Å². The molecule has 2 heterocycles. The highest BCUT2D eigenvalue weighted by atomic mass is 32.2. The number of para-hydroxylation sites is 1. The van der Waals surface area contributed by atoms with E-state index in [-0.39, 0.29) is 11.7 Å². The SMILES string of the molecule is COc1ccc2[nH]cc(C(=O)C=C3SC(=S)N(c4ccccc4)C3=O)c2c1. The maximum Gasteiger partial charge on any atom is 0.270 e. The van der Waals surface area contributed by atoms with E-state index in [9.17, 15) is 9.59 Å². The molecule has 1 saturated heterocycles. The second-order valence-electron chi connectivity index (χ2n) is 5.83. The molecule has 0 saturated carbocycles. The summed E-state index contributed by atoms with van der Waals surface area (Å²) in [5.41, 5.74) is 1.99. The predicted molar refractivity (Wildman–Crippen MR) is 111 cm³/mol. The zero-order valence-electron chi connectivity index (χ0n) is 14.3. The number of hydrogen-bond donors (Lipinski definition) is 1. The van der Waals surface area contributed by atoms with Gasteiger partial charge >= 0.3 is 0 Å². The third kappa shape index (κ3) is 3.15. The number of methoxy groups -OCH3 is 1. The molecular formula is C20H14N2O3S2. The van der Waals surface area contributed by atoms with Crippen molar-refractivity contribution in [1.29, 1.82) is 0 Å². The predicted octanol–water partition coefficient (Wildman–Crippen LogP) is 4.31.